The average molecular weight is 259 g/mol. The van der Waals surface area contributed by atoms with Gasteiger partial charge in [0.15, 0.2) is 0 Å². The summed E-state index contributed by atoms with van der Waals surface area (Å²) in [5.74, 6) is 0. The molecule has 0 radical (unpaired) electrons. The molecule has 102 valence electrons. The van der Waals surface area contributed by atoms with Crippen LogP contribution in [0.5, 0.6) is 0 Å². The predicted molar refractivity (Wildman–Crippen MR) is 77.5 cm³/mol. The maximum atomic E-state index is 5.67. The molecule has 0 aliphatic carbocycles. The molecular weight excluding hydrogens is 238 g/mol. The van der Waals surface area contributed by atoms with Gasteiger partial charge in [0.25, 0.3) is 0 Å². The first-order chi connectivity index (χ1) is 9.17. The number of hydrogen-bond donors (Lipinski definition) is 1. The zero-order valence-electron chi connectivity index (χ0n) is 11.6. The maximum absolute atomic E-state index is 5.67. The van der Waals surface area contributed by atoms with Gasteiger partial charge in [0, 0.05) is 45.1 Å². The molecule has 19 heavy (non-hydrogen) atoms. The quantitative estimate of drug-likeness (QED) is 0.869. The van der Waals surface area contributed by atoms with Crippen LogP contribution in [0.15, 0.2) is 18.5 Å². The first-order valence-electron chi connectivity index (χ1n) is 6.79. The smallest absolute Gasteiger partial charge is 0.140 e. The molecule has 5 nitrogen and oxygen atoms in total. The summed E-state index contributed by atoms with van der Waals surface area (Å²) in [5.41, 5.74) is 10.1. The third kappa shape index (κ3) is 2.31. The minimum atomic E-state index is 0.491. The van der Waals surface area contributed by atoms with E-state index in [-0.39, 0.29) is 0 Å². The molecule has 1 aliphatic rings. The van der Waals surface area contributed by atoms with Crippen LogP contribution in [0.2, 0.25) is 0 Å². The Labute approximate surface area is 113 Å². The molecule has 2 N–H and O–H groups in total. The molecule has 3 rings (SSSR count). The van der Waals surface area contributed by atoms with Gasteiger partial charge >= 0.3 is 0 Å². The van der Waals surface area contributed by atoms with Gasteiger partial charge < -0.3 is 19.9 Å². The lowest BCUT2D eigenvalue weighted by Crippen LogP contribution is -2.44. The van der Waals surface area contributed by atoms with Gasteiger partial charge in [0.05, 0.1) is 11.4 Å². The van der Waals surface area contributed by atoms with Gasteiger partial charge in [-0.25, -0.2) is 4.98 Å². The highest BCUT2D eigenvalue weighted by molar-refractivity contribution is 5.58. The monoisotopic (exact) mass is 259 g/mol. The normalized spacial score (nSPS) is 17.3. The molecule has 3 heterocycles. The summed E-state index contributed by atoms with van der Waals surface area (Å²) in [4.78, 5) is 9.35. The second-order valence-electron chi connectivity index (χ2n) is 5.34. The fourth-order valence-corrected chi connectivity index (χ4v) is 2.64. The maximum Gasteiger partial charge on any atom is 0.140 e. The fourth-order valence-electron chi connectivity index (χ4n) is 2.64. The van der Waals surface area contributed by atoms with E-state index in [0.717, 1.165) is 37.5 Å². The Balaban J connectivity index is 1.96. The Morgan fingerprint density at radius 2 is 1.95 bits per heavy atom. The lowest BCUT2D eigenvalue weighted by molar-refractivity contribution is 0.313. The molecule has 2 aromatic heterocycles. The standard InChI is InChI=1S/C14H21N5/c1-11-7-13(18-5-3-17(2)4-6-18)10-19-9-12(8-15)16-14(11)19/h7,9-10H,3-6,8,15H2,1-2H3. The van der Waals surface area contributed by atoms with E-state index in [4.69, 9.17) is 5.73 Å². The van der Waals surface area contributed by atoms with Crippen LogP contribution in [0.1, 0.15) is 11.3 Å². The van der Waals surface area contributed by atoms with Crippen molar-refractivity contribution in [3.63, 3.8) is 0 Å². The van der Waals surface area contributed by atoms with E-state index in [1.54, 1.807) is 0 Å². The van der Waals surface area contributed by atoms with Crippen molar-refractivity contribution in [1.29, 1.82) is 0 Å². The number of fused-ring (bicyclic) bond motifs is 1. The summed E-state index contributed by atoms with van der Waals surface area (Å²) < 4.78 is 2.10. The number of nitrogens with two attached hydrogens (primary N) is 1. The van der Waals surface area contributed by atoms with Gasteiger partial charge in [-0.3, -0.25) is 0 Å². The van der Waals surface area contributed by atoms with Crippen molar-refractivity contribution in [2.45, 2.75) is 13.5 Å². The van der Waals surface area contributed by atoms with Crippen LogP contribution in [-0.4, -0.2) is 47.5 Å². The highest BCUT2D eigenvalue weighted by Crippen LogP contribution is 2.21. The molecule has 0 atom stereocenters. The van der Waals surface area contributed by atoms with Crippen LogP contribution < -0.4 is 10.6 Å². The van der Waals surface area contributed by atoms with Gasteiger partial charge in [0.2, 0.25) is 0 Å². The van der Waals surface area contributed by atoms with E-state index in [1.165, 1.54) is 11.3 Å². The molecule has 5 heteroatoms. The van der Waals surface area contributed by atoms with Gasteiger partial charge in [-0.1, -0.05) is 0 Å². The van der Waals surface area contributed by atoms with Crippen molar-refractivity contribution in [3.05, 3.63) is 29.7 Å². The zero-order valence-corrected chi connectivity index (χ0v) is 11.6. The van der Waals surface area contributed by atoms with E-state index < -0.39 is 0 Å². The minimum Gasteiger partial charge on any atom is -0.368 e. The van der Waals surface area contributed by atoms with E-state index >= 15 is 0 Å². The molecule has 1 saturated heterocycles. The lowest BCUT2D eigenvalue weighted by Gasteiger charge is -2.34. The Bertz CT molecular complexity index is 581. The first-order valence-corrected chi connectivity index (χ1v) is 6.79. The molecule has 0 aromatic carbocycles. The zero-order chi connectivity index (χ0) is 13.4. The minimum absolute atomic E-state index is 0.491. The first kappa shape index (κ1) is 12.4. The largest absolute Gasteiger partial charge is 0.368 e. The third-order valence-electron chi connectivity index (χ3n) is 3.85. The predicted octanol–water partition coefficient (Wildman–Crippen LogP) is 0.853. The molecule has 0 spiro atoms. The molecule has 2 aromatic rings. The number of pyridine rings is 1. The molecule has 0 saturated carbocycles. The molecule has 1 aliphatic heterocycles. The topological polar surface area (TPSA) is 49.8 Å². The number of rotatable bonds is 2. The van der Waals surface area contributed by atoms with Crippen molar-refractivity contribution < 1.29 is 0 Å². The molecule has 0 bridgehead atoms. The van der Waals surface area contributed by atoms with Crippen molar-refractivity contribution in [1.82, 2.24) is 14.3 Å². The number of aryl methyl sites for hydroxylation is 1. The van der Waals surface area contributed by atoms with Crippen LogP contribution in [0.25, 0.3) is 5.65 Å². The Kier molecular flexibility index (Phi) is 3.16. The summed E-state index contributed by atoms with van der Waals surface area (Å²) in [5, 5.41) is 0. The van der Waals surface area contributed by atoms with Crippen molar-refractivity contribution in [2.75, 3.05) is 38.1 Å². The third-order valence-corrected chi connectivity index (χ3v) is 3.85. The molecule has 0 unspecified atom stereocenters. The number of anilines is 1. The number of imidazole rings is 1. The summed E-state index contributed by atoms with van der Waals surface area (Å²) >= 11 is 0. The number of piperazine rings is 1. The van der Waals surface area contributed by atoms with Crippen molar-refractivity contribution in [2.24, 2.45) is 5.73 Å². The van der Waals surface area contributed by atoms with Gasteiger partial charge in [0.1, 0.15) is 5.65 Å². The number of nitrogens with zero attached hydrogens (tertiary/aromatic N) is 4. The summed E-state index contributed by atoms with van der Waals surface area (Å²) in [7, 11) is 2.18. The van der Waals surface area contributed by atoms with Crippen LogP contribution in [0, 0.1) is 6.92 Å². The molecule has 0 amide bonds. The van der Waals surface area contributed by atoms with Crippen LogP contribution in [0.3, 0.4) is 0 Å². The SMILES string of the molecule is Cc1cc(N2CCN(C)CC2)cn2cc(CN)nc12. The highest BCUT2D eigenvalue weighted by atomic mass is 15.3. The Morgan fingerprint density at radius 3 is 2.63 bits per heavy atom. The number of likely N-dealkylation sites (N-methyl/N-ethyl adjacent to an activating group) is 1. The number of hydrogen-bond acceptors (Lipinski definition) is 4. The fraction of sp³-hybridized carbons (Fsp3) is 0.500. The van der Waals surface area contributed by atoms with E-state index in [1.807, 2.05) is 6.20 Å². The second kappa shape index (κ2) is 4.83. The van der Waals surface area contributed by atoms with Crippen LogP contribution in [0.4, 0.5) is 5.69 Å². The van der Waals surface area contributed by atoms with Crippen LogP contribution >= 0.6 is 0 Å². The van der Waals surface area contributed by atoms with Crippen molar-refractivity contribution >= 4 is 11.3 Å². The molecule has 1 fully saturated rings. The average Bonchev–Trinajstić information content (AvgIpc) is 2.83. The van der Waals surface area contributed by atoms with E-state index in [2.05, 4.69) is 45.4 Å². The van der Waals surface area contributed by atoms with E-state index in [0.29, 0.717) is 6.54 Å². The van der Waals surface area contributed by atoms with Crippen molar-refractivity contribution in [3.8, 4) is 0 Å². The summed E-state index contributed by atoms with van der Waals surface area (Å²) in [6.07, 6.45) is 4.20. The lowest BCUT2D eigenvalue weighted by atomic mass is 10.2. The van der Waals surface area contributed by atoms with Gasteiger partial charge in [-0.2, -0.15) is 0 Å². The summed E-state index contributed by atoms with van der Waals surface area (Å²) in [6.45, 7) is 7.01. The second-order valence-corrected chi connectivity index (χ2v) is 5.34. The Morgan fingerprint density at radius 1 is 1.21 bits per heavy atom. The number of aromatic nitrogens is 2. The van der Waals surface area contributed by atoms with Crippen LogP contribution in [-0.2, 0) is 6.54 Å². The molecular formula is C14H21N5. The Hall–Kier alpha value is -1.59. The van der Waals surface area contributed by atoms with Gasteiger partial charge in [-0.15, -0.1) is 0 Å². The highest BCUT2D eigenvalue weighted by Gasteiger charge is 2.15. The van der Waals surface area contributed by atoms with E-state index in [9.17, 15) is 0 Å². The van der Waals surface area contributed by atoms with Gasteiger partial charge in [-0.05, 0) is 25.6 Å². The summed E-state index contributed by atoms with van der Waals surface area (Å²) in [6, 6.07) is 2.23.